The molecule has 3 aromatic rings. The fourth-order valence-electron chi connectivity index (χ4n) is 3.30. The largest absolute Gasteiger partial charge is 0.493 e. The third-order valence-corrected chi connectivity index (χ3v) is 5.98. The monoisotopic (exact) mass is 429 g/mol. The van der Waals surface area contributed by atoms with E-state index in [1.54, 1.807) is 11.0 Å². The molecule has 1 saturated heterocycles. The van der Waals surface area contributed by atoms with Crippen LogP contribution in [0.2, 0.25) is 0 Å². The highest BCUT2D eigenvalue weighted by Crippen LogP contribution is 2.29. The number of hydrogen-bond donors (Lipinski definition) is 0. The van der Waals surface area contributed by atoms with Crippen LogP contribution in [0.1, 0.15) is 6.42 Å². The van der Waals surface area contributed by atoms with Gasteiger partial charge in [0.2, 0.25) is 5.91 Å². The van der Waals surface area contributed by atoms with Gasteiger partial charge in [0.15, 0.2) is 5.13 Å². The third-order valence-electron chi connectivity index (χ3n) is 4.94. The number of carbonyl (C=O) groups is 1. The highest BCUT2D eigenvalue weighted by atomic mass is 32.1. The van der Waals surface area contributed by atoms with Crippen LogP contribution >= 0.6 is 11.3 Å². The zero-order valence-electron chi connectivity index (χ0n) is 16.6. The van der Waals surface area contributed by atoms with Gasteiger partial charge in [0.1, 0.15) is 11.6 Å². The highest BCUT2D eigenvalue weighted by Gasteiger charge is 2.21. The van der Waals surface area contributed by atoms with Gasteiger partial charge in [-0.15, -0.1) is 0 Å². The average molecular weight is 430 g/mol. The number of morpholine rings is 1. The van der Waals surface area contributed by atoms with Crippen molar-refractivity contribution in [3.8, 4) is 5.75 Å². The molecule has 0 N–H and O–H groups in total. The summed E-state index contributed by atoms with van der Waals surface area (Å²) in [7, 11) is 0. The van der Waals surface area contributed by atoms with Crippen LogP contribution < -0.4 is 9.64 Å². The molecule has 1 aromatic heterocycles. The fraction of sp³-hybridized carbons (Fsp3) is 0.364. The Morgan fingerprint density at radius 2 is 2.00 bits per heavy atom. The number of thiazole rings is 1. The number of rotatable bonds is 8. The summed E-state index contributed by atoms with van der Waals surface area (Å²) in [5.41, 5.74) is 0.695. The number of carbonyl (C=O) groups excluding carboxylic acids is 1. The van der Waals surface area contributed by atoms with Crippen LogP contribution in [-0.2, 0) is 9.53 Å². The van der Waals surface area contributed by atoms with Crippen LogP contribution in [-0.4, -0.2) is 61.8 Å². The van der Waals surface area contributed by atoms with E-state index in [1.165, 1.54) is 23.5 Å². The summed E-state index contributed by atoms with van der Waals surface area (Å²) >= 11 is 1.33. The molecule has 2 heterocycles. The lowest BCUT2D eigenvalue weighted by Gasteiger charge is -2.29. The molecule has 30 heavy (non-hydrogen) atoms. The fourth-order valence-corrected chi connectivity index (χ4v) is 4.34. The molecule has 1 aliphatic heterocycles. The number of fused-ring (bicyclic) bond motifs is 1. The summed E-state index contributed by atoms with van der Waals surface area (Å²) in [5, 5.41) is 0.591. The van der Waals surface area contributed by atoms with Crippen molar-refractivity contribution in [2.45, 2.75) is 6.42 Å². The van der Waals surface area contributed by atoms with Crippen LogP contribution in [0.4, 0.5) is 9.52 Å². The maximum absolute atomic E-state index is 13.6. The molecule has 0 unspecified atom stereocenters. The normalized spacial score (nSPS) is 14.7. The van der Waals surface area contributed by atoms with Crippen LogP contribution in [0, 0.1) is 5.82 Å². The quantitative estimate of drug-likeness (QED) is 0.548. The third kappa shape index (κ3) is 5.33. The van der Waals surface area contributed by atoms with Crippen molar-refractivity contribution in [1.29, 1.82) is 0 Å². The van der Waals surface area contributed by atoms with E-state index in [1.807, 2.05) is 30.3 Å². The summed E-state index contributed by atoms with van der Waals surface area (Å²) in [6.45, 7) is 4.66. The van der Waals surface area contributed by atoms with Crippen LogP contribution in [0.5, 0.6) is 5.75 Å². The number of anilines is 1. The van der Waals surface area contributed by atoms with Gasteiger partial charge in [0.25, 0.3) is 0 Å². The molecule has 2 aromatic carbocycles. The topological polar surface area (TPSA) is 54.9 Å². The second kappa shape index (κ2) is 9.97. The minimum absolute atomic E-state index is 0.0567. The summed E-state index contributed by atoms with van der Waals surface area (Å²) in [6.07, 6.45) is 0.238. The van der Waals surface area contributed by atoms with Gasteiger partial charge >= 0.3 is 0 Å². The number of aromatic nitrogens is 1. The van der Waals surface area contributed by atoms with Crippen molar-refractivity contribution in [3.05, 3.63) is 54.3 Å². The van der Waals surface area contributed by atoms with Crippen molar-refractivity contribution >= 4 is 32.6 Å². The second-order valence-corrected chi connectivity index (χ2v) is 8.03. The highest BCUT2D eigenvalue weighted by molar-refractivity contribution is 7.22. The standard InChI is InChI=1S/C22H24FN3O3S/c23-17-6-7-19-20(16-17)30-22(24-19)26(10-9-25-11-14-28-15-12-25)21(27)8-13-29-18-4-2-1-3-5-18/h1-7,16H,8-15H2. The van der Waals surface area contributed by atoms with E-state index < -0.39 is 0 Å². The Bertz CT molecular complexity index is 976. The first-order chi connectivity index (χ1) is 14.7. The van der Waals surface area contributed by atoms with Gasteiger partial charge in [-0.25, -0.2) is 9.37 Å². The first-order valence-electron chi connectivity index (χ1n) is 10.0. The van der Waals surface area contributed by atoms with E-state index >= 15 is 0 Å². The van der Waals surface area contributed by atoms with Crippen LogP contribution in [0.3, 0.4) is 0 Å². The molecule has 6 nitrogen and oxygen atoms in total. The molecule has 8 heteroatoms. The van der Waals surface area contributed by atoms with Gasteiger partial charge in [-0.2, -0.15) is 0 Å². The van der Waals surface area contributed by atoms with Crippen LogP contribution in [0.25, 0.3) is 10.2 Å². The molecule has 1 fully saturated rings. The number of para-hydroxylation sites is 1. The van der Waals surface area contributed by atoms with Crippen molar-refractivity contribution < 1.29 is 18.7 Å². The van der Waals surface area contributed by atoms with Gasteiger partial charge in [0, 0.05) is 26.2 Å². The van der Waals surface area contributed by atoms with Crippen LogP contribution in [0.15, 0.2) is 48.5 Å². The lowest BCUT2D eigenvalue weighted by molar-refractivity contribution is -0.119. The number of amides is 1. The number of benzene rings is 2. The van der Waals surface area contributed by atoms with Gasteiger partial charge in [-0.05, 0) is 30.3 Å². The van der Waals surface area contributed by atoms with E-state index in [4.69, 9.17) is 9.47 Å². The first-order valence-corrected chi connectivity index (χ1v) is 10.8. The van der Waals surface area contributed by atoms with Gasteiger partial charge in [-0.1, -0.05) is 29.5 Å². The number of halogens is 1. The van der Waals surface area contributed by atoms with E-state index in [2.05, 4.69) is 9.88 Å². The predicted octanol–water partition coefficient (Wildman–Crippen LogP) is 3.57. The molecule has 0 bridgehead atoms. The molecule has 0 spiro atoms. The van der Waals surface area contributed by atoms with Crippen molar-refractivity contribution in [2.75, 3.05) is 50.9 Å². The second-order valence-electron chi connectivity index (χ2n) is 7.02. The molecule has 0 saturated carbocycles. The smallest absolute Gasteiger partial charge is 0.232 e. The van der Waals surface area contributed by atoms with Crippen molar-refractivity contribution in [1.82, 2.24) is 9.88 Å². The minimum Gasteiger partial charge on any atom is -0.493 e. The SMILES string of the molecule is O=C(CCOc1ccccc1)N(CCN1CCOCC1)c1nc2ccc(F)cc2s1. The Morgan fingerprint density at radius 3 is 2.80 bits per heavy atom. The maximum atomic E-state index is 13.6. The zero-order valence-corrected chi connectivity index (χ0v) is 17.4. The van der Waals surface area contributed by atoms with E-state index in [-0.39, 0.29) is 24.8 Å². The molecule has 0 atom stereocenters. The molecule has 0 aliphatic carbocycles. The zero-order chi connectivity index (χ0) is 20.8. The van der Waals surface area contributed by atoms with E-state index in [9.17, 15) is 9.18 Å². The Kier molecular flexibility index (Phi) is 6.88. The lowest BCUT2D eigenvalue weighted by atomic mass is 10.3. The van der Waals surface area contributed by atoms with E-state index in [0.29, 0.717) is 30.4 Å². The number of ether oxygens (including phenoxy) is 2. The Labute approximate surface area is 178 Å². The molecular formula is C22H24FN3O3S. The summed E-state index contributed by atoms with van der Waals surface area (Å²) in [4.78, 5) is 21.6. The van der Waals surface area contributed by atoms with Crippen molar-refractivity contribution in [2.24, 2.45) is 0 Å². The molecule has 1 aliphatic rings. The number of hydrogen-bond acceptors (Lipinski definition) is 6. The van der Waals surface area contributed by atoms with E-state index in [0.717, 1.165) is 30.1 Å². The Balaban J connectivity index is 1.45. The van der Waals surface area contributed by atoms with Gasteiger partial charge in [-0.3, -0.25) is 14.6 Å². The lowest BCUT2D eigenvalue weighted by Crippen LogP contribution is -2.43. The van der Waals surface area contributed by atoms with Gasteiger partial charge < -0.3 is 9.47 Å². The number of nitrogens with zero attached hydrogens (tertiary/aromatic N) is 3. The molecule has 0 radical (unpaired) electrons. The first kappa shape index (κ1) is 20.7. The summed E-state index contributed by atoms with van der Waals surface area (Å²) in [6, 6.07) is 13.9. The molecule has 158 valence electrons. The molecular weight excluding hydrogens is 405 g/mol. The van der Waals surface area contributed by atoms with Crippen molar-refractivity contribution in [3.63, 3.8) is 0 Å². The maximum Gasteiger partial charge on any atom is 0.232 e. The Hall–Kier alpha value is -2.55. The Morgan fingerprint density at radius 1 is 1.20 bits per heavy atom. The molecule has 4 rings (SSSR count). The minimum atomic E-state index is -0.305. The van der Waals surface area contributed by atoms with Gasteiger partial charge in [0.05, 0.1) is 36.5 Å². The summed E-state index contributed by atoms with van der Waals surface area (Å²) < 4.78 is 25.4. The predicted molar refractivity (Wildman–Crippen MR) is 116 cm³/mol. The average Bonchev–Trinajstić information content (AvgIpc) is 3.18. The summed E-state index contributed by atoms with van der Waals surface area (Å²) in [5.74, 6) is 0.375. The molecule has 1 amide bonds.